The summed E-state index contributed by atoms with van der Waals surface area (Å²) in [5.74, 6) is 0. The van der Waals surface area contributed by atoms with Gasteiger partial charge in [0.2, 0.25) is 0 Å². The molecule has 0 aliphatic carbocycles. The van der Waals surface area contributed by atoms with E-state index in [9.17, 15) is 0 Å². The summed E-state index contributed by atoms with van der Waals surface area (Å²) in [4.78, 5) is 6.73. The second kappa shape index (κ2) is 5.00. The maximum absolute atomic E-state index is 6.43. The molecule has 112 valence electrons. The lowest BCUT2D eigenvalue weighted by Crippen LogP contribution is -2.33. The molecule has 2 heterocycles. The molecule has 0 amide bonds. The molecule has 0 saturated heterocycles. The van der Waals surface area contributed by atoms with Crippen molar-refractivity contribution in [2.45, 2.75) is 0 Å². The molecule has 0 unspecified atom stereocenters. The highest BCUT2D eigenvalue weighted by Crippen LogP contribution is 2.45. The Labute approximate surface area is 134 Å². The summed E-state index contributed by atoms with van der Waals surface area (Å²) >= 11 is 6.43. The molecular weight excluding hydrogens is 296 g/mol. The quantitative estimate of drug-likeness (QED) is 0.746. The fourth-order valence-corrected chi connectivity index (χ4v) is 3.22. The van der Waals surface area contributed by atoms with Crippen LogP contribution in [0, 0.1) is 0 Å². The zero-order chi connectivity index (χ0) is 15.3. The van der Waals surface area contributed by atoms with Crippen LogP contribution in [-0.2, 0) is 0 Å². The molecule has 0 fully saturated rings. The van der Waals surface area contributed by atoms with Crippen LogP contribution in [0.2, 0.25) is 5.02 Å². The molecule has 0 spiro atoms. The maximum Gasteiger partial charge on any atom is 0.0958 e. The van der Waals surface area contributed by atoms with Crippen LogP contribution < -0.4 is 10.4 Å². The number of benzene rings is 2. The molecule has 1 N–H and O–H groups in total. The molecule has 0 atom stereocenters. The Balaban J connectivity index is 1.94. The first-order valence-electron chi connectivity index (χ1n) is 7.34. The van der Waals surface area contributed by atoms with E-state index in [0.717, 1.165) is 45.5 Å². The Morgan fingerprint density at radius 2 is 2.14 bits per heavy atom. The molecule has 22 heavy (non-hydrogen) atoms. The fraction of sp³-hybridized carbons (Fsp3) is 0.235. The van der Waals surface area contributed by atoms with Gasteiger partial charge in [0.05, 0.1) is 23.4 Å². The Kier molecular flexibility index (Phi) is 3.10. The minimum Gasteiger partial charge on any atom is -0.308 e. The predicted octanol–water partition coefficient (Wildman–Crippen LogP) is 3.75. The minimum atomic E-state index is 0.780. The lowest BCUT2D eigenvalue weighted by molar-refractivity contribution is 0.417. The summed E-state index contributed by atoms with van der Waals surface area (Å²) in [6.45, 7) is 1.86. The molecule has 1 aliphatic heterocycles. The topological polar surface area (TPSA) is 31.4 Å². The smallest absolute Gasteiger partial charge is 0.0958 e. The van der Waals surface area contributed by atoms with Crippen LogP contribution in [0.4, 0.5) is 11.4 Å². The summed E-state index contributed by atoms with van der Waals surface area (Å²) in [7, 11) is 4.16. The van der Waals surface area contributed by atoms with Crippen LogP contribution in [0.3, 0.4) is 0 Å². The number of pyridine rings is 1. The van der Waals surface area contributed by atoms with Gasteiger partial charge in [-0.2, -0.15) is 0 Å². The zero-order valence-electron chi connectivity index (χ0n) is 12.6. The van der Waals surface area contributed by atoms with E-state index in [-0.39, 0.29) is 0 Å². The third-order valence-electron chi connectivity index (χ3n) is 4.10. The Morgan fingerprint density at radius 1 is 1.27 bits per heavy atom. The minimum absolute atomic E-state index is 0.780. The van der Waals surface area contributed by atoms with Crippen LogP contribution in [0.25, 0.3) is 21.7 Å². The standard InChI is InChI=1S/C17H17ClN4/c1-21(2)8-9-22-14-6-5-13(18)12-10-11-4-3-7-19-16(11)17(20-22)15(12)14/h3-7,10,20H,8-9H2,1-2H3. The molecule has 0 bridgehead atoms. The van der Waals surface area contributed by atoms with Crippen molar-refractivity contribution in [1.82, 2.24) is 9.88 Å². The van der Waals surface area contributed by atoms with Crippen molar-refractivity contribution in [3.05, 3.63) is 41.6 Å². The number of likely N-dealkylation sites (N-methyl/N-ethyl adjacent to an activating group) is 1. The SMILES string of the molecule is CN(C)CCN1Nc2c3ncccc3cc3c(Cl)ccc1c23. The Bertz CT molecular complexity index is 875. The Hall–Kier alpha value is -2.04. The molecule has 0 saturated carbocycles. The lowest BCUT2D eigenvalue weighted by atomic mass is 10.0. The second-order valence-corrected chi connectivity index (χ2v) is 6.29. The number of hydrogen-bond acceptors (Lipinski definition) is 4. The van der Waals surface area contributed by atoms with Crippen molar-refractivity contribution >= 4 is 44.7 Å². The van der Waals surface area contributed by atoms with Crippen molar-refractivity contribution in [2.75, 3.05) is 37.6 Å². The van der Waals surface area contributed by atoms with Crippen LogP contribution in [0.5, 0.6) is 0 Å². The highest BCUT2D eigenvalue weighted by molar-refractivity contribution is 6.38. The molecular formula is C17H17ClN4. The van der Waals surface area contributed by atoms with E-state index in [1.165, 1.54) is 5.69 Å². The average molecular weight is 313 g/mol. The molecule has 1 aliphatic rings. The van der Waals surface area contributed by atoms with Gasteiger partial charge in [-0.15, -0.1) is 0 Å². The van der Waals surface area contributed by atoms with E-state index >= 15 is 0 Å². The van der Waals surface area contributed by atoms with Crippen molar-refractivity contribution in [3.63, 3.8) is 0 Å². The monoisotopic (exact) mass is 312 g/mol. The van der Waals surface area contributed by atoms with Crippen LogP contribution in [0.15, 0.2) is 36.5 Å². The number of anilines is 2. The van der Waals surface area contributed by atoms with Crippen LogP contribution >= 0.6 is 11.6 Å². The van der Waals surface area contributed by atoms with E-state index in [1.807, 2.05) is 18.3 Å². The molecule has 4 rings (SSSR count). The van der Waals surface area contributed by atoms with Crippen LogP contribution in [-0.4, -0.2) is 37.1 Å². The highest BCUT2D eigenvalue weighted by atomic mass is 35.5. The van der Waals surface area contributed by atoms with Gasteiger partial charge < -0.3 is 4.90 Å². The van der Waals surface area contributed by atoms with Crippen molar-refractivity contribution < 1.29 is 0 Å². The third-order valence-corrected chi connectivity index (χ3v) is 4.43. The zero-order valence-corrected chi connectivity index (χ0v) is 13.4. The van der Waals surface area contributed by atoms with Crippen molar-refractivity contribution in [1.29, 1.82) is 0 Å². The molecule has 0 radical (unpaired) electrons. The number of rotatable bonds is 3. The summed E-state index contributed by atoms with van der Waals surface area (Å²) in [6, 6.07) is 10.2. The molecule has 5 heteroatoms. The van der Waals surface area contributed by atoms with Gasteiger partial charge in [0.15, 0.2) is 0 Å². The van der Waals surface area contributed by atoms with E-state index in [0.29, 0.717) is 0 Å². The van der Waals surface area contributed by atoms with Gasteiger partial charge in [0.25, 0.3) is 0 Å². The summed E-state index contributed by atoms with van der Waals surface area (Å²) in [5, 5.41) is 6.31. The van der Waals surface area contributed by atoms with E-state index in [4.69, 9.17) is 11.6 Å². The van der Waals surface area contributed by atoms with Gasteiger partial charge in [-0.05, 0) is 38.4 Å². The average Bonchev–Trinajstić information content (AvgIpc) is 2.88. The van der Waals surface area contributed by atoms with Crippen molar-refractivity contribution in [3.8, 4) is 0 Å². The molecule has 2 aromatic carbocycles. The summed E-state index contributed by atoms with van der Waals surface area (Å²) in [6.07, 6.45) is 1.83. The van der Waals surface area contributed by atoms with Crippen LogP contribution in [0.1, 0.15) is 0 Å². The number of hydrazine groups is 1. The number of fused-ring (bicyclic) bond motifs is 2. The normalized spacial score (nSPS) is 13.4. The van der Waals surface area contributed by atoms with Gasteiger partial charge in [-0.1, -0.05) is 17.7 Å². The number of aromatic nitrogens is 1. The number of nitrogens with one attached hydrogen (secondary N) is 1. The van der Waals surface area contributed by atoms with Gasteiger partial charge in [-0.25, -0.2) is 0 Å². The fourth-order valence-electron chi connectivity index (χ4n) is 3.01. The molecule has 1 aromatic heterocycles. The van der Waals surface area contributed by atoms with Gasteiger partial charge in [-0.3, -0.25) is 15.4 Å². The Morgan fingerprint density at radius 3 is 2.95 bits per heavy atom. The van der Waals surface area contributed by atoms with Gasteiger partial charge in [0, 0.05) is 33.9 Å². The molecule has 4 nitrogen and oxygen atoms in total. The lowest BCUT2D eigenvalue weighted by Gasteiger charge is -2.22. The predicted molar refractivity (Wildman–Crippen MR) is 93.8 cm³/mol. The van der Waals surface area contributed by atoms with E-state index < -0.39 is 0 Å². The third kappa shape index (κ3) is 1.99. The molecule has 3 aromatic rings. The van der Waals surface area contributed by atoms with Crippen molar-refractivity contribution in [2.24, 2.45) is 0 Å². The van der Waals surface area contributed by atoms with E-state index in [2.05, 4.69) is 52.6 Å². The van der Waals surface area contributed by atoms with Gasteiger partial charge in [0.1, 0.15) is 0 Å². The number of nitrogens with zero attached hydrogens (tertiary/aromatic N) is 3. The highest BCUT2D eigenvalue weighted by Gasteiger charge is 2.24. The first-order chi connectivity index (χ1) is 10.6. The number of halogens is 1. The largest absolute Gasteiger partial charge is 0.308 e. The maximum atomic E-state index is 6.43. The summed E-state index contributed by atoms with van der Waals surface area (Å²) < 4.78 is 0. The summed E-state index contributed by atoms with van der Waals surface area (Å²) in [5.41, 5.74) is 6.74. The second-order valence-electron chi connectivity index (χ2n) is 5.88. The van der Waals surface area contributed by atoms with Gasteiger partial charge >= 0.3 is 0 Å². The first kappa shape index (κ1) is 13.6. The number of hydrogen-bond donors (Lipinski definition) is 1. The van der Waals surface area contributed by atoms with E-state index in [1.54, 1.807) is 0 Å². The first-order valence-corrected chi connectivity index (χ1v) is 7.72.